The Hall–Kier alpha value is -2.12. The molecule has 0 unspecified atom stereocenters. The minimum atomic E-state index is 0.950. The highest BCUT2D eigenvalue weighted by atomic mass is 14.8. The van der Waals surface area contributed by atoms with E-state index in [0.717, 1.165) is 13.1 Å². The lowest BCUT2D eigenvalue weighted by molar-refractivity contribution is 0.675. The molecule has 0 fully saturated rings. The molecule has 1 N–H and O–H groups in total. The second kappa shape index (κ2) is 6.55. The van der Waals surface area contributed by atoms with E-state index >= 15 is 0 Å². The Kier molecular flexibility index (Phi) is 4.32. The summed E-state index contributed by atoms with van der Waals surface area (Å²) < 4.78 is 0. The first-order chi connectivity index (χ1) is 10.4. The molecular formula is C20H21N. The van der Waals surface area contributed by atoms with Gasteiger partial charge in [-0.25, -0.2) is 0 Å². The lowest BCUT2D eigenvalue weighted by Gasteiger charge is -2.07. The molecule has 3 aromatic carbocycles. The molecular weight excluding hydrogens is 254 g/mol. The van der Waals surface area contributed by atoms with Crippen molar-refractivity contribution in [3.05, 3.63) is 72.3 Å². The number of hydrogen-bond acceptors (Lipinski definition) is 1. The zero-order chi connectivity index (χ0) is 14.5. The molecule has 0 saturated carbocycles. The molecule has 0 aliphatic heterocycles. The minimum absolute atomic E-state index is 0.950. The molecule has 0 saturated heterocycles. The summed E-state index contributed by atoms with van der Waals surface area (Å²) >= 11 is 0. The molecule has 0 radical (unpaired) electrons. The monoisotopic (exact) mass is 275 g/mol. The Balaban J connectivity index is 1.81. The van der Waals surface area contributed by atoms with Gasteiger partial charge in [0.25, 0.3) is 0 Å². The van der Waals surface area contributed by atoms with Crippen molar-refractivity contribution in [1.82, 2.24) is 5.32 Å². The van der Waals surface area contributed by atoms with Crippen molar-refractivity contribution in [2.45, 2.75) is 19.9 Å². The first kappa shape index (κ1) is 13.8. The maximum absolute atomic E-state index is 3.43. The van der Waals surface area contributed by atoms with Crippen LogP contribution >= 0.6 is 0 Å². The van der Waals surface area contributed by atoms with Crippen LogP contribution in [0.5, 0.6) is 0 Å². The van der Waals surface area contributed by atoms with E-state index in [1.54, 1.807) is 0 Å². The summed E-state index contributed by atoms with van der Waals surface area (Å²) in [7, 11) is 0. The lowest BCUT2D eigenvalue weighted by Crippen LogP contribution is -2.13. The van der Waals surface area contributed by atoms with Gasteiger partial charge in [0.1, 0.15) is 0 Å². The van der Waals surface area contributed by atoms with Gasteiger partial charge in [0, 0.05) is 6.54 Å². The minimum Gasteiger partial charge on any atom is -0.313 e. The summed E-state index contributed by atoms with van der Waals surface area (Å²) in [5.41, 5.74) is 3.90. The predicted molar refractivity (Wildman–Crippen MR) is 91.4 cm³/mol. The highest BCUT2D eigenvalue weighted by Crippen LogP contribution is 2.24. The standard InChI is InChI=1S/C20H21N/c1-2-13-21-15-16-7-9-18(10-8-16)20-12-11-17-5-3-4-6-19(17)14-20/h3-12,14,21H,2,13,15H2,1H3. The van der Waals surface area contributed by atoms with Gasteiger partial charge in [-0.05, 0) is 46.5 Å². The van der Waals surface area contributed by atoms with Crippen molar-refractivity contribution in [2.75, 3.05) is 6.54 Å². The second-order valence-electron chi connectivity index (χ2n) is 5.44. The molecule has 0 heterocycles. The number of fused-ring (bicyclic) bond motifs is 1. The van der Waals surface area contributed by atoms with Crippen LogP contribution in [0.2, 0.25) is 0 Å². The summed E-state index contributed by atoms with van der Waals surface area (Å²) in [5.74, 6) is 0. The van der Waals surface area contributed by atoms with Gasteiger partial charge < -0.3 is 5.32 Å². The van der Waals surface area contributed by atoms with Crippen molar-refractivity contribution in [3.63, 3.8) is 0 Å². The summed E-state index contributed by atoms with van der Waals surface area (Å²) in [6.45, 7) is 4.22. The quantitative estimate of drug-likeness (QED) is 0.646. The summed E-state index contributed by atoms with van der Waals surface area (Å²) in [4.78, 5) is 0. The number of benzene rings is 3. The lowest BCUT2D eigenvalue weighted by atomic mass is 10.0. The van der Waals surface area contributed by atoms with Crippen LogP contribution in [-0.2, 0) is 6.54 Å². The van der Waals surface area contributed by atoms with Gasteiger partial charge in [-0.15, -0.1) is 0 Å². The number of hydrogen-bond donors (Lipinski definition) is 1. The van der Waals surface area contributed by atoms with E-state index in [-0.39, 0.29) is 0 Å². The average molecular weight is 275 g/mol. The molecule has 0 spiro atoms. The summed E-state index contributed by atoms with van der Waals surface area (Å²) in [5, 5.41) is 6.02. The van der Waals surface area contributed by atoms with Crippen LogP contribution in [0, 0.1) is 0 Å². The highest BCUT2D eigenvalue weighted by molar-refractivity contribution is 5.87. The van der Waals surface area contributed by atoms with Gasteiger partial charge in [0.05, 0.1) is 0 Å². The van der Waals surface area contributed by atoms with Gasteiger partial charge in [-0.2, -0.15) is 0 Å². The van der Waals surface area contributed by atoms with Crippen LogP contribution in [0.15, 0.2) is 66.7 Å². The topological polar surface area (TPSA) is 12.0 Å². The van der Waals surface area contributed by atoms with Gasteiger partial charge >= 0.3 is 0 Å². The Morgan fingerprint density at radius 1 is 0.762 bits per heavy atom. The molecule has 3 aromatic rings. The fourth-order valence-electron chi connectivity index (χ4n) is 2.59. The molecule has 21 heavy (non-hydrogen) atoms. The van der Waals surface area contributed by atoms with E-state index in [4.69, 9.17) is 0 Å². The predicted octanol–water partition coefficient (Wildman–Crippen LogP) is 5.01. The van der Waals surface area contributed by atoms with Gasteiger partial charge in [-0.1, -0.05) is 67.6 Å². The molecule has 0 amide bonds. The van der Waals surface area contributed by atoms with Crippen LogP contribution in [0.3, 0.4) is 0 Å². The van der Waals surface area contributed by atoms with Crippen molar-refractivity contribution in [3.8, 4) is 11.1 Å². The molecule has 0 aliphatic rings. The largest absolute Gasteiger partial charge is 0.313 e. The molecule has 0 aliphatic carbocycles. The van der Waals surface area contributed by atoms with E-state index in [9.17, 15) is 0 Å². The van der Waals surface area contributed by atoms with Crippen molar-refractivity contribution >= 4 is 10.8 Å². The van der Waals surface area contributed by atoms with Crippen molar-refractivity contribution < 1.29 is 0 Å². The maximum Gasteiger partial charge on any atom is 0.0205 e. The Labute approximate surface area is 126 Å². The van der Waals surface area contributed by atoms with Crippen LogP contribution in [0.1, 0.15) is 18.9 Å². The third kappa shape index (κ3) is 3.32. The Morgan fingerprint density at radius 3 is 2.24 bits per heavy atom. The second-order valence-corrected chi connectivity index (χ2v) is 5.44. The first-order valence-electron chi connectivity index (χ1n) is 7.65. The van der Waals surface area contributed by atoms with Crippen LogP contribution < -0.4 is 5.32 Å². The van der Waals surface area contributed by atoms with Crippen LogP contribution in [-0.4, -0.2) is 6.54 Å². The van der Waals surface area contributed by atoms with Crippen molar-refractivity contribution in [1.29, 1.82) is 0 Å². The Morgan fingerprint density at radius 2 is 1.48 bits per heavy atom. The fourth-order valence-corrected chi connectivity index (χ4v) is 2.59. The molecule has 0 bridgehead atoms. The van der Waals surface area contributed by atoms with Crippen molar-refractivity contribution in [2.24, 2.45) is 0 Å². The molecule has 106 valence electrons. The molecule has 0 atom stereocenters. The summed E-state index contributed by atoms with van der Waals surface area (Å²) in [6, 6.07) is 24.0. The normalized spacial score (nSPS) is 10.9. The van der Waals surface area contributed by atoms with E-state index < -0.39 is 0 Å². The SMILES string of the molecule is CCCNCc1ccc(-c2ccc3ccccc3c2)cc1. The Bertz CT molecular complexity index is 713. The zero-order valence-electron chi connectivity index (χ0n) is 12.5. The van der Waals surface area contributed by atoms with E-state index in [2.05, 4.69) is 79.0 Å². The van der Waals surface area contributed by atoms with E-state index in [1.807, 2.05) is 0 Å². The third-order valence-electron chi connectivity index (χ3n) is 3.79. The van der Waals surface area contributed by atoms with E-state index in [0.29, 0.717) is 0 Å². The first-order valence-corrected chi connectivity index (χ1v) is 7.65. The average Bonchev–Trinajstić information content (AvgIpc) is 2.55. The third-order valence-corrected chi connectivity index (χ3v) is 3.79. The smallest absolute Gasteiger partial charge is 0.0205 e. The zero-order valence-corrected chi connectivity index (χ0v) is 12.5. The van der Waals surface area contributed by atoms with Crippen LogP contribution in [0.4, 0.5) is 0 Å². The van der Waals surface area contributed by atoms with Gasteiger partial charge in [0.15, 0.2) is 0 Å². The molecule has 1 nitrogen and oxygen atoms in total. The molecule has 0 aromatic heterocycles. The van der Waals surface area contributed by atoms with Gasteiger partial charge in [-0.3, -0.25) is 0 Å². The summed E-state index contributed by atoms with van der Waals surface area (Å²) in [6.07, 6.45) is 1.18. The number of nitrogens with one attached hydrogen (secondary N) is 1. The number of rotatable bonds is 5. The van der Waals surface area contributed by atoms with Crippen LogP contribution in [0.25, 0.3) is 21.9 Å². The van der Waals surface area contributed by atoms with Gasteiger partial charge in [0.2, 0.25) is 0 Å². The maximum atomic E-state index is 3.43. The highest BCUT2D eigenvalue weighted by Gasteiger charge is 2.00. The molecule has 3 rings (SSSR count). The van der Waals surface area contributed by atoms with E-state index in [1.165, 1.54) is 33.9 Å². The molecule has 1 heteroatoms. The fraction of sp³-hybridized carbons (Fsp3) is 0.200.